The molecule has 0 spiro atoms. The number of Topliss-reactive ketones (excluding diaryl/α,β-unsaturated/α-hetero) is 1. The van der Waals surface area contributed by atoms with Gasteiger partial charge in [-0.15, -0.1) is 0 Å². The van der Waals surface area contributed by atoms with Gasteiger partial charge in [0, 0.05) is 11.6 Å². The molecule has 1 N–H and O–H groups in total. The zero-order chi connectivity index (χ0) is 22.2. The summed E-state index contributed by atoms with van der Waals surface area (Å²) in [5.41, 5.74) is 2.69. The summed E-state index contributed by atoms with van der Waals surface area (Å²) in [6.45, 7) is 1.99. The van der Waals surface area contributed by atoms with Crippen molar-refractivity contribution in [2.75, 3.05) is 0 Å². The van der Waals surface area contributed by atoms with Crippen LogP contribution in [0.3, 0.4) is 0 Å². The smallest absolute Gasteiger partial charge is 0.295 e. The lowest BCUT2D eigenvalue weighted by molar-refractivity contribution is -0.141. The van der Waals surface area contributed by atoms with Crippen molar-refractivity contribution in [3.63, 3.8) is 0 Å². The molecule has 1 unspecified atom stereocenters. The standard InChI is InChI=1S/C28H27NO3/c1-18-10-5-7-15-21(18)25-24(27(31)28(32)29(25)20-13-3-2-4-14-20)26(30)23-17-9-12-19-11-6-8-16-22(19)23/h5-12,15-17,20,25,30H,2-4,13-14H2,1H3/b26-24+. The Morgan fingerprint density at radius 1 is 0.875 bits per heavy atom. The van der Waals surface area contributed by atoms with Gasteiger partial charge in [0.05, 0.1) is 11.6 Å². The third kappa shape index (κ3) is 3.31. The Bertz CT molecular complexity index is 1230. The predicted octanol–water partition coefficient (Wildman–Crippen LogP) is 5.90. The van der Waals surface area contributed by atoms with Crippen molar-refractivity contribution in [1.82, 2.24) is 4.90 Å². The van der Waals surface area contributed by atoms with Gasteiger partial charge < -0.3 is 10.0 Å². The lowest BCUT2D eigenvalue weighted by atomic mass is 9.89. The third-order valence-corrected chi connectivity index (χ3v) is 6.98. The molecular formula is C28H27NO3. The van der Waals surface area contributed by atoms with E-state index in [1.165, 1.54) is 0 Å². The van der Waals surface area contributed by atoms with Crippen molar-refractivity contribution >= 4 is 28.2 Å². The van der Waals surface area contributed by atoms with Crippen LogP contribution < -0.4 is 0 Å². The zero-order valence-electron chi connectivity index (χ0n) is 18.3. The van der Waals surface area contributed by atoms with E-state index in [0.717, 1.165) is 54.0 Å². The molecule has 0 aromatic heterocycles. The first-order valence-electron chi connectivity index (χ1n) is 11.4. The lowest BCUT2D eigenvalue weighted by Crippen LogP contribution is -2.40. The summed E-state index contributed by atoms with van der Waals surface area (Å²) in [4.78, 5) is 28.5. The highest BCUT2D eigenvalue weighted by atomic mass is 16.3. The molecule has 1 saturated heterocycles. The average Bonchev–Trinajstić information content (AvgIpc) is 3.09. The van der Waals surface area contributed by atoms with Gasteiger partial charge in [0.25, 0.3) is 11.7 Å². The highest BCUT2D eigenvalue weighted by Gasteiger charge is 2.49. The number of aryl methyl sites for hydroxylation is 1. The zero-order valence-corrected chi connectivity index (χ0v) is 18.3. The number of nitrogens with zero attached hydrogens (tertiary/aromatic N) is 1. The fourth-order valence-electron chi connectivity index (χ4n) is 5.36. The van der Waals surface area contributed by atoms with Crippen LogP contribution in [0.4, 0.5) is 0 Å². The maximum absolute atomic E-state index is 13.4. The van der Waals surface area contributed by atoms with Crippen molar-refractivity contribution in [2.24, 2.45) is 0 Å². The van der Waals surface area contributed by atoms with Gasteiger partial charge in [-0.05, 0) is 41.7 Å². The van der Waals surface area contributed by atoms with Crippen LogP contribution in [0.1, 0.15) is 54.8 Å². The number of hydrogen-bond donors (Lipinski definition) is 1. The van der Waals surface area contributed by atoms with Crippen LogP contribution in [-0.4, -0.2) is 27.7 Å². The van der Waals surface area contributed by atoms with E-state index in [9.17, 15) is 14.7 Å². The number of hydrogen-bond acceptors (Lipinski definition) is 3. The minimum absolute atomic E-state index is 0.0163. The summed E-state index contributed by atoms with van der Waals surface area (Å²) in [6.07, 6.45) is 5.05. The first-order valence-corrected chi connectivity index (χ1v) is 11.4. The summed E-state index contributed by atoms with van der Waals surface area (Å²) in [7, 11) is 0. The third-order valence-electron chi connectivity index (χ3n) is 6.98. The van der Waals surface area contributed by atoms with E-state index >= 15 is 0 Å². The van der Waals surface area contributed by atoms with E-state index in [1.807, 2.05) is 73.7 Å². The van der Waals surface area contributed by atoms with Crippen molar-refractivity contribution < 1.29 is 14.7 Å². The van der Waals surface area contributed by atoms with E-state index < -0.39 is 17.7 Å². The molecule has 1 saturated carbocycles. The molecule has 2 aliphatic rings. The first-order chi connectivity index (χ1) is 15.6. The second kappa shape index (κ2) is 8.27. The molecule has 1 aliphatic carbocycles. The van der Waals surface area contributed by atoms with Gasteiger partial charge in [-0.3, -0.25) is 9.59 Å². The van der Waals surface area contributed by atoms with Crippen LogP contribution in [0.2, 0.25) is 0 Å². The SMILES string of the molecule is Cc1ccccc1C1/C(=C(\O)c2cccc3ccccc23)C(=O)C(=O)N1C1CCCCC1. The number of aliphatic hydroxyl groups excluding tert-OH is 1. The molecule has 1 heterocycles. The van der Waals surface area contributed by atoms with Gasteiger partial charge in [0.1, 0.15) is 5.76 Å². The second-order valence-electron chi connectivity index (χ2n) is 8.88. The molecule has 1 atom stereocenters. The number of amides is 1. The van der Waals surface area contributed by atoms with Crippen LogP contribution in [0.25, 0.3) is 16.5 Å². The van der Waals surface area contributed by atoms with Gasteiger partial charge in [0.2, 0.25) is 0 Å². The minimum Gasteiger partial charge on any atom is -0.507 e. The van der Waals surface area contributed by atoms with E-state index in [2.05, 4.69) is 0 Å². The van der Waals surface area contributed by atoms with Crippen molar-refractivity contribution in [3.05, 3.63) is 89.0 Å². The van der Waals surface area contributed by atoms with E-state index in [-0.39, 0.29) is 17.4 Å². The summed E-state index contributed by atoms with van der Waals surface area (Å²) in [5.74, 6) is -1.17. The fraction of sp³-hybridized carbons (Fsp3) is 0.286. The van der Waals surface area contributed by atoms with Crippen molar-refractivity contribution in [3.8, 4) is 0 Å². The maximum atomic E-state index is 13.4. The molecule has 162 valence electrons. The average molecular weight is 426 g/mol. The Labute approximate surface area is 188 Å². The topological polar surface area (TPSA) is 57.6 Å². The Hall–Kier alpha value is -3.40. The molecule has 3 aromatic rings. The fourth-order valence-corrected chi connectivity index (χ4v) is 5.36. The van der Waals surface area contributed by atoms with Gasteiger partial charge >= 0.3 is 0 Å². The molecule has 4 nitrogen and oxygen atoms in total. The van der Waals surface area contributed by atoms with Gasteiger partial charge in [0.15, 0.2) is 0 Å². The van der Waals surface area contributed by atoms with Gasteiger partial charge in [-0.25, -0.2) is 0 Å². The number of carbonyl (C=O) groups is 2. The Balaban J connectivity index is 1.74. The molecule has 5 rings (SSSR count). The molecule has 0 bridgehead atoms. The van der Waals surface area contributed by atoms with E-state index in [1.54, 1.807) is 4.90 Å². The number of likely N-dealkylation sites (tertiary alicyclic amines) is 1. The highest BCUT2D eigenvalue weighted by molar-refractivity contribution is 6.46. The number of benzene rings is 3. The monoisotopic (exact) mass is 425 g/mol. The van der Waals surface area contributed by atoms with Gasteiger partial charge in [-0.2, -0.15) is 0 Å². The van der Waals surface area contributed by atoms with Crippen LogP contribution in [0.5, 0.6) is 0 Å². The van der Waals surface area contributed by atoms with Crippen molar-refractivity contribution in [1.29, 1.82) is 0 Å². The molecule has 3 aromatic carbocycles. The molecule has 0 radical (unpaired) electrons. The Morgan fingerprint density at radius 3 is 2.34 bits per heavy atom. The summed E-state index contributed by atoms with van der Waals surface area (Å²) in [6, 6.07) is 20.7. The predicted molar refractivity (Wildman–Crippen MR) is 126 cm³/mol. The molecule has 2 fully saturated rings. The molecule has 1 aliphatic heterocycles. The van der Waals surface area contributed by atoms with Crippen LogP contribution >= 0.6 is 0 Å². The Kier molecular flexibility index (Phi) is 5.30. The number of ketones is 1. The summed E-state index contributed by atoms with van der Waals surface area (Å²) in [5, 5.41) is 13.4. The summed E-state index contributed by atoms with van der Waals surface area (Å²) >= 11 is 0. The molecular weight excluding hydrogens is 398 g/mol. The molecule has 1 amide bonds. The van der Waals surface area contributed by atoms with E-state index in [0.29, 0.717) is 5.56 Å². The lowest BCUT2D eigenvalue weighted by Gasteiger charge is -2.36. The number of carbonyl (C=O) groups excluding carboxylic acids is 2. The number of fused-ring (bicyclic) bond motifs is 1. The van der Waals surface area contributed by atoms with Crippen molar-refractivity contribution in [2.45, 2.75) is 51.1 Å². The Morgan fingerprint density at radius 2 is 1.56 bits per heavy atom. The first kappa shape index (κ1) is 20.5. The van der Waals surface area contributed by atoms with Crippen LogP contribution in [-0.2, 0) is 9.59 Å². The molecule has 4 heteroatoms. The number of rotatable bonds is 3. The second-order valence-corrected chi connectivity index (χ2v) is 8.88. The number of aliphatic hydroxyl groups is 1. The summed E-state index contributed by atoms with van der Waals surface area (Å²) < 4.78 is 0. The van der Waals surface area contributed by atoms with E-state index in [4.69, 9.17) is 0 Å². The van der Waals surface area contributed by atoms with Gasteiger partial charge in [-0.1, -0.05) is 86.0 Å². The normalized spacial score (nSPS) is 21.4. The largest absolute Gasteiger partial charge is 0.507 e. The highest BCUT2D eigenvalue weighted by Crippen LogP contribution is 2.44. The molecule has 32 heavy (non-hydrogen) atoms. The van der Waals surface area contributed by atoms with Crippen LogP contribution in [0, 0.1) is 6.92 Å². The quantitative estimate of drug-likeness (QED) is 0.323. The maximum Gasteiger partial charge on any atom is 0.295 e. The minimum atomic E-state index is -0.589. The van der Waals surface area contributed by atoms with Crippen LogP contribution in [0.15, 0.2) is 72.3 Å².